The Morgan fingerprint density at radius 2 is 2.00 bits per heavy atom. The Labute approximate surface area is 116 Å². The van der Waals surface area contributed by atoms with Crippen LogP contribution in [0.15, 0.2) is 18.5 Å². The minimum absolute atomic E-state index is 0.553. The van der Waals surface area contributed by atoms with E-state index >= 15 is 0 Å². The van der Waals surface area contributed by atoms with Gasteiger partial charge in [-0.1, -0.05) is 0 Å². The monoisotopic (exact) mass is 275 g/mol. The molecule has 2 aromatic rings. The zero-order valence-electron chi connectivity index (χ0n) is 10.9. The summed E-state index contributed by atoms with van der Waals surface area (Å²) in [6.45, 7) is 1.97. The van der Waals surface area contributed by atoms with Crippen molar-refractivity contribution in [2.45, 2.75) is 50.7 Å². The van der Waals surface area contributed by atoms with Crippen LogP contribution in [0.5, 0.6) is 0 Å². The number of hydrogen-bond donors (Lipinski definition) is 0. The van der Waals surface area contributed by atoms with Gasteiger partial charge in [-0.05, 0) is 38.7 Å². The average molecular weight is 275 g/mol. The Morgan fingerprint density at radius 1 is 1.21 bits per heavy atom. The third-order valence-electron chi connectivity index (χ3n) is 4.34. The van der Waals surface area contributed by atoms with Crippen molar-refractivity contribution in [3.05, 3.63) is 24.3 Å². The Hall–Kier alpha value is -1.43. The van der Waals surface area contributed by atoms with E-state index in [1.165, 1.54) is 25.7 Å². The van der Waals surface area contributed by atoms with Gasteiger partial charge >= 0.3 is 0 Å². The summed E-state index contributed by atoms with van der Waals surface area (Å²) in [7, 11) is 0. The predicted octanol–water partition coefficient (Wildman–Crippen LogP) is 2.42. The van der Waals surface area contributed by atoms with Crippen molar-refractivity contribution in [1.29, 1.82) is 0 Å². The van der Waals surface area contributed by atoms with Gasteiger partial charge < -0.3 is 4.90 Å². The van der Waals surface area contributed by atoms with E-state index in [4.69, 9.17) is 0 Å². The lowest BCUT2D eigenvalue weighted by Crippen LogP contribution is -2.43. The molecule has 6 heteroatoms. The number of piperidine rings is 1. The maximum Gasteiger partial charge on any atom is 0.205 e. The van der Waals surface area contributed by atoms with Crippen LogP contribution in [0.1, 0.15) is 37.5 Å². The van der Waals surface area contributed by atoms with Crippen molar-refractivity contribution in [1.82, 2.24) is 19.1 Å². The summed E-state index contributed by atoms with van der Waals surface area (Å²) in [4.78, 5) is 7.09. The first-order valence-corrected chi connectivity index (χ1v) is 7.66. The first kappa shape index (κ1) is 11.4. The van der Waals surface area contributed by atoms with E-state index in [-0.39, 0.29) is 0 Å². The lowest BCUT2D eigenvalue weighted by molar-refractivity contribution is 0.314. The van der Waals surface area contributed by atoms with Crippen LogP contribution in [-0.4, -0.2) is 31.2 Å². The molecule has 2 atom stereocenters. The number of rotatable bonds is 2. The molecule has 2 bridgehead atoms. The molecule has 5 nitrogen and oxygen atoms in total. The van der Waals surface area contributed by atoms with Crippen LogP contribution in [0.3, 0.4) is 0 Å². The highest BCUT2D eigenvalue weighted by Crippen LogP contribution is 2.43. The van der Waals surface area contributed by atoms with Crippen LogP contribution in [0, 0.1) is 6.92 Å². The maximum absolute atomic E-state index is 4.57. The molecule has 2 saturated heterocycles. The van der Waals surface area contributed by atoms with Gasteiger partial charge in [0, 0.05) is 36.0 Å². The first-order valence-electron chi connectivity index (χ1n) is 6.89. The quantitative estimate of drug-likeness (QED) is 0.844. The van der Waals surface area contributed by atoms with Crippen LogP contribution in [0.25, 0.3) is 0 Å². The number of aryl methyl sites for hydroxylation is 1. The molecule has 0 aliphatic carbocycles. The van der Waals surface area contributed by atoms with Crippen LogP contribution >= 0.6 is 11.5 Å². The van der Waals surface area contributed by atoms with Crippen LogP contribution in [0.4, 0.5) is 5.13 Å². The summed E-state index contributed by atoms with van der Waals surface area (Å²) in [6, 6.07) is 3.79. The molecule has 4 rings (SSSR count). The second-order valence-corrected chi connectivity index (χ2v) is 6.26. The summed E-state index contributed by atoms with van der Waals surface area (Å²) in [5.74, 6) is 0.897. The van der Waals surface area contributed by atoms with E-state index in [2.05, 4.69) is 30.2 Å². The van der Waals surface area contributed by atoms with E-state index in [0.29, 0.717) is 18.1 Å². The van der Waals surface area contributed by atoms with Gasteiger partial charge in [0.1, 0.15) is 5.82 Å². The number of hydrogen-bond acceptors (Lipinski definition) is 5. The smallest absolute Gasteiger partial charge is 0.205 e. The second-order valence-electron chi connectivity index (χ2n) is 5.53. The van der Waals surface area contributed by atoms with Gasteiger partial charge in [-0.2, -0.15) is 9.47 Å². The topological polar surface area (TPSA) is 46.8 Å². The van der Waals surface area contributed by atoms with Gasteiger partial charge in [-0.25, -0.2) is 4.98 Å². The van der Waals surface area contributed by atoms with Crippen LogP contribution < -0.4 is 4.90 Å². The zero-order chi connectivity index (χ0) is 12.8. The summed E-state index contributed by atoms with van der Waals surface area (Å²) in [6.07, 6.45) is 8.88. The highest BCUT2D eigenvalue weighted by molar-refractivity contribution is 7.09. The number of nitrogens with zero attached hydrogens (tertiary/aromatic N) is 5. The van der Waals surface area contributed by atoms with E-state index in [1.54, 1.807) is 11.5 Å². The molecule has 19 heavy (non-hydrogen) atoms. The SMILES string of the molecule is Cc1nsc(N2C3CCC2CC(n2cccn2)C3)n1. The molecule has 0 spiro atoms. The van der Waals surface area contributed by atoms with E-state index in [0.717, 1.165) is 11.0 Å². The van der Waals surface area contributed by atoms with E-state index in [1.807, 2.05) is 19.2 Å². The van der Waals surface area contributed by atoms with Crippen molar-refractivity contribution in [2.24, 2.45) is 0 Å². The molecular weight excluding hydrogens is 258 g/mol. The molecule has 0 aromatic carbocycles. The Kier molecular flexibility index (Phi) is 2.58. The maximum atomic E-state index is 4.57. The zero-order valence-corrected chi connectivity index (χ0v) is 11.8. The fraction of sp³-hybridized carbons (Fsp3) is 0.615. The van der Waals surface area contributed by atoms with Gasteiger partial charge in [0.15, 0.2) is 0 Å². The van der Waals surface area contributed by atoms with Crippen LogP contribution in [-0.2, 0) is 0 Å². The molecular formula is C13H17N5S. The Bertz CT molecular complexity index is 549. The highest BCUT2D eigenvalue weighted by Gasteiger charge is 2.42. The van der Waals surface area contributed by atoms with Crippen LogP contribution in [0.2, 0.25) is 0 Å². The lowest BCUT2D eigenvalue weighted by atomic mass is 9.98. The van der Waals surface area contributed by atoms with E-state index < -0.39 is 0 Å². The number of aromatic nitrogens is 4. The van der Waals surface area contributed by atoms with Crippen molar-refractivity contribution in [2.75, 3.05) is 4.90 Å². The van der Waals surface area contributed by atoms with Gasteiger partial charge in [-0.3, -0.25) is 4.68 Å². The molecule has 4 heterocycles. The molecule has 2 aromatic heterocycles. The third-order valence-corrected chi connectivity index (χ3v) is 5.17. The lowest BCUT2D eigenvalue weighted by Gasteiger charge is -2.38. The average Bonchev–Trinajstić information content (AvgIpc) is 3.10. The third kappa shape index (κ3) is 1.85. The molecule has 2 aliphatic heterocycles. The van der Waals surface area contributed by atoms with Crippen molar-refractivity contribution in [3.8, 4) is 0 Å². The van der Waals surface area contributed by atoms with Gasteiger partial charge in [0.05, 0.1) is 6.04 Å². The molecule has 100 valence electrons. The summed E-state index contributed by atoms with van der Waals surface area (Å²) < 4.78 is 6.46. The standard InChI is InChI=1S/C13H17N5S/c1-9-15-13(19-16-9)18-10-3-4-11(18)8-12(7-10)17-6-2-5-14-17/h2,5-6,10-12H,3-4,7-8H2,1H3. The molecule has 2 unspecified atom stereocenters. The van der Waals surface area contributed by atoms with E-state index in [9.17, 15) is 0 Å². The highest BCUT2D eigenvalue weighted by atomic mass is 32.1. The number of fused-ring (bicyclic) bond motifs is 2. The van der Waals surface area contributed by atoms with Crippen molar-refractivity contribution < 1.29 is 0 Å². The summed E-state index contributed by atoms with van der Waals surface area (Å²) >= 11 is 1.54. The van der Waals surface area contributed by atoms with Gasteiger partial charge in [-0.15, -0.1) is 0 Å². The molecule has 0 amide bonds. The molecule has 2 aliphatic rings. The predicted molar refractivity (Wildman–Crippen MR) is 74.4 cm³/mol. The molecule has 2 fully saturated rings. The molecule has 0 saturated carbocycles. The molecule has 0 N–H and O–H groups in total. The Balaban J connectivity index is 1.59. The number of anilines is 1. The fourth-order valence-electron chi connectivity index (χ4n) is 3.56. The van der Waals surface area contributed by atoms with Crippen molar-refractivity contribution in [3.63, 3.8) is 0 Å². The largest absolute Gasteiger partial charge is 0.341 e. The minimum Gasteiger partial charge on any atom is -0.341 e. The molecule has 0 radical (unpaired) electrons. The normalized spacial score (nSPS) is 29.9. The first-order chi connectivity index (χ1) is 9.31. The van der Waals surface area contributed by atoms with Gasteiger partial charge in [0.2, 0.25) is 5.13 Å². The summed E-state index contributed by atoms with van der Waals surface area (Å²) in [5.41, 5.74) is 0. The van der Waals surface area contributed by atoms with Gasteiger partial charge in [0.25, 0.3) is 0 Å². The minimum atomic E-state index is 0.553. The fourth-order valence-corrected chi connectivity index (χ4v) is 4.38. The summed E-state index contributed by atoms with van der Waals surface area (Å²) in [5, 5.41) is 5.53. The Morgan fingerprint density at radius 3 is 2.58 bits per heavy atom. The second kappa shape index (κ2) is 4.30. The van der Waals surface area contributed by atoms with Crippen molar-refractivity contribution >= 4 is 16.7 Å².